The summed E-state index contributed by atoms with van der Waals surface area (Å²) in [5.41, 5.74) is 0.854. The summed E-state index contributed by atoms with van der Waals surface area (Å²) in [6.07, 6.45) is -1.98. The van der Waals surface area contributed by atoms with Gasteiger partial charge in [0.15, 0.2) is 6.61 Å². The molecule has 2 N–H and O–H groups in total. The van der Waals surface area contributed by atoms with Gasteiger partial charge in [0.2, 0.25) is 11.8 Å². The van der Waals surface area contributed by atoms with Gasteiger partial charge in [-0.2, -0.15) is 18.2 Å². The van der Waals surface area contributed by atoms with Crippen molar-refractivity contribution in [2.45, 2.75) is 32.5 Å². The van der Waals surface area contributed by atoms with E-state index in [1.165, 1.54) is 19.2 Å². The number of nitrogens with one attached hydrogen (secondary N) is 2. The lowest BCUT2D eigenvalue weighted by atomic mass is 10.1. The van der Waals surface area contributed by atoms with Crippen LogP contribution in [0.1, 0.15) is 42.2 Å². The lowest BCUT2D eigenvalue weighted by Crippen LogP contribution is -2.27. The zero-order valence-electron chi connectivity index (χ0n) is 17.5. The average Bonchev–Trinajstić information content (AvgIpc) is 2.74. The Balaban J connectivity index is 2.03. The summed E-state index contributed by atoms with van der Waals surface area (Å²) < 4.78 is 51.9. The predicted octanol–water partition coefficient (Wildman–Crippen LogP) is 3.71. The third-order valence-corrected chi connectivity index (χ3v) is 3.99. The smallest absolute Gasteiger partial charge is 0.422 e. The van der Waals surface area contributed by atoms with Gasteiger partial charge in [0.05, 0.1) is 13.2 Å². The molecule has 8 nitrogen and oxygen atoms in total. The Morgan fingerprint density at radius 3 is 2.71 bits per heavy atom. The Bertz CT molecular complexity index is 865. The van der Waals surface area contributed by atoms with Crippen molar-refractivity contribution in [3.8, 4) is 11.8 Å². The number of ether oxygens (including phenoxy) is 3. The second kappa shape index (κ2) is 11.3. The lowest BCUT2D eigenvalue weighted by molar-refractivity contribution is -0.154. The SMILES string of the molecule is CCCOCNc1cc(C(C)NC(=O)c2ccc(OCC(F)(F)F)nc2OC)ccn1. The Morgan fingerprint density at radius 1 is 1.26 bits per heavy atom. The van der Waals surface area contributed by atoms with Crippen molar-refractivity contribution in [3.05, 3.63) is 41.6 Å². The molecule has 11 heteroatoms. The fourth-order valence-electron chi connectivity index (χ4n) is 2.50. The molecule has 0 aromatic carbocycles. The van der Waals surface area contributed by atoms with E-state index < -0.39 is 24.7 Å². The maximum atomic E-state index is 12.7. The highest BCUT2D eigenvalue weighted by molar-refractivity contribution is 5.96. The summed E-state index contributed by atoms with van der Waals surface area (Å²) in [4.78, 5) is 20.7. The van der Waals surface area contributed by atoms with Gasteiger partial charge in [-0.3, -0.25) is 4.79 Å². The Hall–Kier alpha value is -3.08. The summed E-state index contributed by atoms with van der Waals surface area (Å²) in [5.74, 6) is -0.347. The highest BCUT2D eigenvalue weighted by Crippen LogP contribution is 2.23. The molecule has 2 heterocycles. The van der Waals surface area contributed by atoms with Crippen LogP contribution in [0.4, 0.5) is 19.0 Å². The largest absolute Gasteiger partial charge is 0.480 e. The van der Waals surface area contributed by atoms with Gasteiger partial charge in [0, 0.05) is 18.9 Å². The first-order chi connectivity index (χ1) is 14.7. The van der Waals surface area contributed by atoms with E-state index in [0.717, 1.165) is 12.0 Å². The van der Waals surface area contributed by atoms with Crippen molar-refractivity contribution < 1.29 is 32.2 Å². The van der Waals surface area contributed by atoms with Crippen LogP contribution < -0.4 is 20.1 Å². The molecule has 31 heavy (non-hydrogen) atoms. The molecular weight excluding hydrogens is 417 g/mol. The van der Waals surface area contributed by atoms with Crippen molar-refractivity contribution >= 4 is 11.7 Å². The third-order valence-electron chi connectivity index (χ3n) is 3.99. The van der Waals surface area contributed by atoms with Crippen molar-refractivity contribution in [3.63, 3.8) is 0 Å². The maximum Gasteiger partial charge on any atom is 0.422 e. The van der Waals surface area contributed by atoms with Crippen LogP contribution in [-0.4, -0.2) is 49.1 Å². The summed E-state index contributed by atoms with van der Waals surface area (Å²) in [5, 5.41) is 5.84. The molecular formula is C20H25F3N4O4. The molecule has 170 valence electrons. The summed E-state index contributed by atoms with van der Waals surface area (Å²) in [6, 6.07) is 5.62. The minimum absolute atomic E-state index is 0.0640. The van der Waals surface area contributed by atoms with E-state index in [-0.39, 0.29) is 17.3 Å². The fourth-order valence-corrected chi connectivity index (χ4v) is 2.50. The number of halogens is 3. The molecule has 0 bridgehead atoms. The minimum Gasteiger partial charge on any atom is -0.480 e. The Labute approximate surface area is 178 Å². The number of amides is 1. The number of anilines is 1. The first-order valence-corrected chi connectivity index (χ1v) is 9.56. The van der Waals surface area contributed by atoms with E-state index in [1.807, 2.05) is 6.92 Å². The van der Waals surface area contributed by atoms with Crippen molar-refractivity contribution in [2.75, 3.05) is 32.4 Å². The molecule has 1 unspecified atom stereocenters. The molecule has 2 aromatic rings. The quantitative estimate of drug-likeness (QED) is 0.405. The molecule has 0 saturated heterocycles. The van der Waals surface area contributed by atoms with E-state index in [9.17, 15) is 18.0 Å². The van der Waals surface area contributed by atoms with Crippen LogP contribution in [-0.2, 0) is 4.74 Å². The molecule has 0 aliphatic rings. The fraction of sp³-hybridized carbons (Fsp3) is 0.450. The number of aromatic nitrogens is 2. The number of pyridine rings is 2. The number of alkyl halides is 3. The van der Waals surface area contributed by atoms with Gasteiger partial charge >= 0.3 is 6.18 Å². The molecule has 1 amide bonds. The summed E-state index contributed by atoms with van der Waals surface area (Å²) >= 11 is 0. The van der Waals surface area contributed by atoms with Crippen molar-refractivity contribution in [1.29, 1.82) is 0 Å². The number of methoxy groups -OCH3 is 1. The molecule has 0 fully saturated rings. The Kier molecular flexibility index (Phi) is 8.86. The average molecular weight is 442 g/mol. The topological polar surface area (TPSA) is 94.6 Å². The highest BCUT2D eigenvalue weighted by atomic mass is 19.4. The third kappa shape index (κ3) is 7.93. The molecule has 2 aromatic heterocycles. The number of carbonyl (C=O) groups excluding carboxylic acids is 1. The number of nitrogens with zero attached hydrogens (tertiary/aromatic N) is 2. The van der Waals surface area contributed by atoms with Gasteiger partial charge < -0.3 is 24.8 Å². The van der Waals surface area contributed by atoms with E-state index in [1.54, 1.807) is 25.3 Å². The lowest BCUT2D eigenvalue weighted by Gasteiger charge is -2.17. The highest BCUT2D eigenvalue weighted by Gasteiger charge is 2.29. The first-order valence-electron chi connectivity index (χ1n) is 9.56. The Morgan fingerprint density at radius 2 is 2.03 bits per heavy atom. The molecule has 1 atom stereocenters. The van der Waals surface area contributed by atoms with Crippen LogP contribution in [0, 0.1) is 0 Å². The van der Waals surface area contributed by atoms with E-state index in [4.69, 9.17) is 9.47 Å². The van der Waals surface area contributed by atoms with E-state index in [0.29, 0.717) is 19.2 Å². The van der Waals surface area contributed by atoms with Crippen molar-refractivity contribution in [1.82, 2.24) is 15.3 Å². The summed E-state index contributed by atoms with van der Waals surface area (Å²) in [7, 11) is 1.26. The number of rotatable bonds is 11. The van der Waals surface area contributed by atoms with Gasteiger partial charge in [-0.25, -0.2) is 4.98 Å². The van der Waals surface area contributed by atoms with Gasteiger partial charge in [-0.05, 0) is 37.1 Å². The van der Waals surface area contributed by atoms with Gasteiger partial charge in [-0.1, -0.05) is 6.92 Å². The van der Waals surface area contributed by atoms with E-state index in [2.05, 4.69) is 25.3 Å². The number of carbonyl (C=O) groups is 1. The van der Waals surface area contributed by atoms with Gasteiger partial charge in [0.1, 0.15) is 18.1 Å². The van der Waals surface area contributed by atoms with Crippen molar-refractivity contribution in [2.24, 2.45) is 0 Å². The second-order valence-corrected chi connectivity index (χ2v) is 6.51. The molecule has 0 aliphatic carbocycles. The van der Waals surface area contributed by atoms with Crippen LogP contribution in [0.3, 0.4) is 0 Å². The molecule has 0 aliphatic heterocycles. The first kappa shape index (κ1) is 24.2. The summed E-state index contributed by atoms with van der Waals surface area (Å²) in [6.45, 7) is 3.25. The van der Waals surface area contributed by atoms with Gasteiger partial charge in [-0.15, -0.1) is 0 Å². The molecule has 0 spiro atoms. The zero-order valence-corrected chi connectivity index (χ0v) is 17.5. The molecule has 2 rings (SSSR count). The van der Waals surface area contributed by atoms with Crippen LogP contribution in [0.2, 0.25) is 0 Å². The van der Waals surface area contributed by atoms with Crippen LogP contribution >= 0.6 is 0 Å². The monoisotopic (exact) mass is 442 g/mol. The zero-order chi connectivity index (χ0) is 22.9. The maximum absolute atomic E-state index is 12.7. The normalized spacial score (nSPS) is 12.2. The van der Waals surface area contributed by atoms with Gasteiger partial charge in [0.25, 0.3) is 5.91 Å². The van der Waals surface area contributed by atoms with Crippen LogP contribution in [0.15, 0.2) is 30.5 Å². The standard InChI is InChI=1S/C20H25F3N4O4/c1-4-9-30-12-25-16-10-14(7-8-24-16)13(2)26-18(28)15-5-6-17(27-19(15)29-3)31-11-20(21,22)23/h5-8,10,13H,4,9,11-12H2,1-3H3,(H,24,25)(H,26,28). The number of hydrogen-bond acceptors (Lipinski definition) is 7. The van der Waals surface area contributed by atoms with Crippen LogP contribution in [0.25, 0.3) is 0 Å². The molecule has 0 radical (unpaired) electrons. The van der Waals surface area contributed by atoms with Crippen LogP contribution in [0.5, 0.6) is 11.8 Å². The second-order valence-electron chi connectivity index (χ2n) is 6.51. The predicted molar refractivity (Wildman–Crippen MR) is 107 cm³/mol. The number of hydrogen-bond donors (Lipinski definition) is 2. The minimum atomic E-state index is -4.50. The van der Waals surface area contributed by atoms with E-state index >= 15 is 0 Å². The molecule has 0 saturated carbocycles.